The first-order valence-corrected chi connectivity index (χ1v) is 7.31. The molecule has 0 saturated carbocycles. The number of hydrogen-bond donors (Lipinski definition) is 1. The van der Waals surface area contributed by atoms with Crippen LogP contribution in [0.3, 0.4) is 0 Å². The molecule has 1 amide bonds. The molecule has 0 bridgehead atoms. The third-order valence-electron chi connectivity index (χ3n) is 3.46. The summed E-state index contributed by atoms with van der Waals surface area (Å²) in [7, 11) is 0. The molecular formula is C18H18N2O3. The van der Waals surface area contributed by atoms with Crippen molar-refractivity contribution >= 4 is 17.7 Å². The zero-order valence-electron chi connectivity index (χ0n) is 12.8. The van der Waals surface area contributed by atoms with E-state index in [2.05, 4.69) is 5.32 Å². The lowest BCUT2D eigenvalue weighted by molar-refractivity contribution is -0.384. The molecule has 0 heterocycles. The summed E-state index contributed by atoms with van der Waals surface area (Å²) in [5, 5.41) is 13.5. The van der Waals surface area contributed by atoms with Crippen molar-refractivity contribution in [3.8, 4) is 0 Å². The SMILES string of the molecule is CC(CNC(=O)C=Cc1cccc([N+](=O)[O-])c1)c1ccccc1. The zero-order valence-corrected chi connectivity index (χ0v) is 12.8. The highest BCUT2D eigenvalue weighted by atomic mass is 16.6. The van der Waals surface area contributed by atoms with Gasteiger partial charge in [-0.05, 0) is 23.1 Å². The van der Waals surface area contributed by atoms with Gasteiger partial charge in [0, 0.05) is 24.8 Å². The van der Waals surface area contributed by atoms with Crippen LogP contribution in [0.1, 0.15) is 24.0 Å². The van der Waals surface area contributed by atoms with Gasteiger partial charge in [-0.15, -0.1) is 0 Å². The maximum atomic E-state index is 11.8. The topological polar surface area (TPSA) is 72.2 Å². The average Bonchev–Trinajstić information content (AvgIpc) is 2.58. The third-order valence-corrected chi connectivity index (χ3v) is 3.46. The van der Waals surface area contributed by atoms with Gasteiger partial charge in [0.15, 0.2) is 0 Å². The van der Waals surface area contributed by atoms with Crippen molar-refractivity contribution in [3.05, 3.63) is 81.9 Å². The van der Waals surface area contributed by atoms with Crippen molar-refractivity contribution in [2.75, 3.05) is 6.54 Å². The Hall–Kier alpha value is -2.95. The minimum atomic E-state index is -0.459. The predicted octanol–water partition coefficient (Wildman–Crippen LogP) is 3.53. The molecule has 0 radical (unpaired) electrons. The molecule has 0 aliphatic carbocycles. The number of rotatable bonds is 6. The number of amides is 1. The van der Waals surface area contributed by atoms with Crippen molar-refractivity contribution in [2.24, 2.45) is 0 Å². The van der Waals surface area contributed by atoms with Gasteiger partial charge in [-0.1, -0.05) is 49.4 Å². The second-order valence-electron chi connectivity index (χ2n) is 5.24. The summed E-state index contributed by atoms with van der Waals surface area (Å²) in [6.45, 7) is 2.57. The predicted molar refractivity (Wildman–Crippen MR) is 90.0 cm³/mol. The standard InChI is InChI=1S/C18H18N2O3/c1-14(16-7-3-2-4-8-16)13-19-18(21)11-10-15-6-5-9-17(12-15)20(22)23/h2-12,14H,13H2,1H3,(H,19,21). The normalized spacial score (nSPS) is 12.0. The molecule has 23 heavy (non-hydrogen) atoms. The molecule has 0 aromatic heterocycles. The highest BCUT2D eigenvalue weighted by Gasteiger charge is 2.06. The van der Waals surface area contributed by atoms with E-state index in [9.17, 15) is 14.9 Å². The van der Waals surface area contributed by atoms with Gasteiger partial charge in [0.25, 0.3) is 5.69 Å². The Morgan fingerprint density at radius 1 is 1.22 bits per heavy atom. The van der Waals surface area contributed by atoms with Crippen LogP contribution in [0.2, 0.25) is 0 Å². The third kappa shape index (κ3) is 5.07. The number of hydrogen-bond acceptors (Lipinski definition) is 3. The summed E-state index contributed by atoms with van der Waals surface area (Å²) in [5.41, 5.74) is 1.78. The van der Waals surface area contributed by atoms with E-state index in [0.29, 0.717) is 12.1 Å². The largest absolute Gasteiger partial charge is 0.352 e. The van der Waals surface area contributed by atoms with Crippen LogP contribution in [0.4, 0.5) is 5.69 Å². The van der Waals surface area contributed by atoms with Crippen LogP contribution in [0.15, 0.2) is 60.7 Å². The Bertz CT molecular complexity index is 711. The molecule has 0 aliphatic rings. The van der Waals surface area contributed by atoms with Crippen LogP contribution >= 0.6 is 0 Å². The van der Waals surface area contributed by atoms with Crippen LogP contribution in [-0.4, -0.2) is 17.4 Å². The number of carbonyl (C=O) groups is 1. The quantitative estimate of drug-likeness (QED) is 0.504. The molecule has 0 fully saturated rings. The fourth-order valence-corrected chi connectivity index (χ4v) is 2.13. The Morgan fingerprint density at radius 2 is 1.96 bits per heavy atom. The number of nitro benzene ring substituents is 1. The second kappa shape index (κ2) is 7.89. The number of nitro groups is 1. The molecular weight excluding hydrogens is 292 g/mol. The van der Waals surface area contributed by atoms with Gasteiger partial charge < -0.3 is 5.32 Å². The smallest absolute Gasteiger partial charge is 0.270 e. The minimum absolute atomic E-state index is 0.00487. The van der Waals surface area contributed by atoms with Gasteiger partial charge in [-0.2, -0.15) is 0 Å². The fraction of sp³-hybridized carbons (Fsp3) is 0.167. The minimum Gasteiger partial charge on any atom is -0.352 e. The van der Waals surface area contributed by atoms with Crippen molar-refractivity contribution in [2.45, 2.75) is 12.8 Å². The highest BCUT2D eigenvalue weighted by Crippen LogP contribution is 2.14. The van der Waals surface area contributed by atoms with E-state index in [-0.39, 0.29) is 17.5 Å². The van der Waals surface area contributed by atoms with Crippen molar-refractivity contribution in [1.29, 1.82) is 0 Å². The first-order chi connectivity index (χ1) is 11.1. The van der Waals surface area contributed by atoms with Crippen molar-refractivity contribution in [1.82, 2.24) is 5.32 Å². The fourth-order valence-electron chi connectivity index (χ4n) is 2.13. The maximum Gasteiger partial charge on any atom is 0.270 e. The van der Waals surface area contributed by atoms with Gasteiger partial charge in [0.2, 0.25) is 5.91 Å². The highest BCUT2D eigenvalue weighted by molar-refractivity contribution is 5.91. The average molecular weight is 310 g/mol. The lowest BCUT2D eigenvalue weighted by atomic mass is 10.0. The Balaban J connectivity index is 1.89. The van der Waals surface area contributed by atoms with Crippen LogP contribution < -0.4 is 5.32 Å². The number of nitrogens with one attached hydrogen (secondary N) is 1. The monoisotopic (exact) mass is 310 g/mol. The molecule has 2 aromatic carbocycles. The Kier molecular flexibility index (Phi) is 5.63. The summed E-state index contributed by atoms with van der Waals surface area (Å²) in [4.78, 5) is 22.1. The summed E-state index contributed by atoms with van der Waals surface area (Å²) < 4.78 is 0. The van der Waals surface area contributed by atoms with Crippen LogP contribution in [-0.2, 0) is 4.79 Å². The lowest BCUT2D eigenvalue weighted by Crippen LogP contribution is -2.25. The van der Waals surface area contributed by atoms with Crippen molar-refractivity contribution in [3.63, 3.8) is 0 Å². The van der Waals surface area contributed by atoms with E-state index in [1.54, 1.807) is 18.2 Å². The molecule has 0 spiro atoms. The molecule has 5 heteroatoms. The number of non-ortho nitro benzene ring substituents is 1. The van der Waals surface area contributed by atoms with E-state index in [4.69, 9.17) is 0 Å². The molecule has 0 saturated heterocycles. The molecule has 0 aliphatic heterocycles. The van der Waals surface area contributed by atoms with Gasteiger partial charge in [-0.3, -0.25) is 14.9 Å². The second-order valence-corrected chi connectivity index (χ2v) is 5.24. The first kappa shape index (κ1) is 16.4. The molecule has 1 atom stereocenters. The summed E-state index contributed by atoms with van der Waals surface area (Å²) in [5.74, 6) is -0.00866. The van der Waals surface area contributed by atoms with Gasteiger partial charge >= 0.3 is 0 Å². The van der Waals surface area contributed by atoms with E-state index in [1.165, 1.54) is 18.2 Å². The van der Waals surface area contributed by atoms with E-state index in [0.717, 1.165) is 5.56 Å². The molecule has 118 valence electrons. The molecule has 1 N–H and O–H groups in total. The maximum absolute atomic E-state index is 11.8. The van der Waals surface area contributed by atoms with Gasteiger partial charge in [-0.25, -0.2) is 0 Å². The first-order valence-electron chi connectivity index (χ1n) is 7.31. The molecule has 1 unspecified atom stereocenters. The van der Waals surface area contributed by atoms with Crippen molar-refractivity contribution < 1.29 is 9.72 Å². The molecule has 2 aromatic rings. The Morgan fingerprint density at radius 3 is 2.65 bits per heavy atom. The van der Waals surface area contributed by atoms with Crippen LogP contribution in [0.5, 0.6) is 0 Å². The summed E-state index contributed by atoms with van der Waals surface area (Å²) in [6.07, 6.45) is 2.95. The summed E-state index contributed by atoms with van der Waals surface area (Å²) in [6, 6.07) is 16.1. The van der Waals surface area contributed by atoms with Crippen LogP contribution in [0.25, 0.3) is 6.08 Å². The van der Waals surface area contributed by atoms with Gasteiger partial charge in [0.1, 0.15) is 0 Å². The molecule has 5 nitrogen and oxygen atoms in total. The van der Waals surface area contributed by atoms with E-state index < -0.39 is 4.92 Å². The number of carbonyl (C=O) groups excluding carboxylic acids is 1. The number of nitrogens with zero attached hydrogens (tertiary/aromatic N) is 1. The lowest BCUT2D eigenvalue weighted by Gasteiger charge is -2.11. The zero-order chi connectivity index (χ0) is 16.7. The van der Waals surface area contributed by atoms with E-state index in [1.807, 2.05) is 37.3 Å². The molecule has 2 rings (SSSR count). The van der Waals surface area contributed by atoms with Crippen LogP contribution in [0, 0.1) is 10.1 Å². The number of benzene rings is 2. The van der Waals surface area contributed by atoms with Gasteiger partial charge in [0.05, 0.1) is 4.92 Å². The van der Waals surface area contributed by atoms with E-state index >= 15 is 0 Å². The Labute approximate surface area is 134 Å². The summed E-state index contributed by atoms with van der Waals surface area (Å²) >= 11 is 0.